The zero-order valence-electron chi connectivity index (χ0n) is 9.35. The number of unbranched alkanes of at least 4 members (excludes halogenated alkanes) is 8. The summed E-state index contributed by atoms with van der Waals surface area (Å²) in [7, 11) is 0. The largest absolute Gasteiger partial charge is 0.147 e. The molecule has 0 aliphatic carbocycles. The fourth-order valence-electron chi connectivity index (χ4n) is 1.43. The highest BCUT2D eigenvalue weighted by molar-refractivity contribution is 9.09. The third kappa shape index (κ3) is 21.4. The minimum absolute atomic E-state index is 0. The van der Waals surface area contributed by atoms with Gasteiger partial charge in [-0.2, -0.15) is 0 Å². The van der Waals surface area contributed by atoms with Crippen LogP contribution in [0.3, 0.4) is 0 Å². The van der Waals surface area contributed by atoms with Crippen molar-refractivity contribution in [2.24, 2.45) is 0 Å². The zero-order valence-corrected chi connectivity index (χ0v) is 14.2. The normalized spacial score (nSPS) is 9.20. The highest BCUT2D eigenvalue weighted by atomic mass is 79.9. The van der Waals surface area contributed by atoms with E-state index in [1.807, 2.05) is 0 Å². The molecule has 15 heavy (non-hydrogen) atoms. The van der Waals surface area contributed by atoms with Gasteiger partial charge in [0.15, 0.2) is 0 Å². The Labute approximate surface area is 124 Å². The Morgan fingerprint density at radius 3 is 0.800 bits per heavy atom. The number of halogens is 4. The SMILES string of the molecule is BrCCCCCCCCCCCBr.Cl.Cl. The van der Waals surface area contributed by atoms with E-state index in [1.54, 1.807) is 0 Å². The van der Waals surface area contributed by atoms with Gasteiger partial charge >= 0.3 is 0 Å². The molecule has 0 heterocycles. The van der Waals surface area contributed by atoms with Gasteiger partial charge in [-0.05, 0) is 12.8 Å². The average Bonchev–Trinajstić information content (AvgIpc) is 2.16. The monoisotopic (exact) mass is 384 g/mol. The van der Waals surface area contributed by atoms with Crippen molar-refractivity contribution in [2.75, 3.05) is 10.7 Å². The molecule has 0 atom stereocenters. The summed E-state index contributed by atoms with van der Waals surface area (Å²) in [5.41, 5.74) is 0. The topological polar surface area (TPSA) is 0 Å². The van der Waals surface area contributed by atoms with Gasteiger partial charge in [0.1, 0.15) is 0 Å². The molecule has 0 amide bonds. The van der Waals surface area contributed by atoms with Crippen LogP contribution in [0.4, 0.5) is 0 Å². The van der Waals surface area contributed by atoms with E-state index in [-0.39, 0.29) is 24.8 Å². The maximum absolute atomic E-state index is 3.46. The summed E-state index contributed by atoms with van der Waals surface area (Å²) >= 11 is 6.91. The van der Waals surface area contributed by atoms with Crippen molar-refractivity contribution in [3.63, 3.8) is 0 Å². The van der Waals surface area contributed by atoms with Crippen LogP contribution in [0.1, 0.15) is 57.8 Å². The third-order valence-electron chi connectivity index (χ3n) is 2.27. The highest BCUT2D eigenvalue weighted by Gasteiger charge is 1.91. The van der Waals surface area contributed by atoms with Crippen LogP contribution in [-0.4, -0.2) is 10.7 Å². The second kappa shape index (κ2) is 20.9. The van der Waals surface area contributed by atoms with E-state index in [4.69, 9.17) is 0 Å². The Kier molecular flexibility index (Phi) is 30.3. The van der Waals surface area contributed by atoms with Crippen molar-refractivity contribution in [3.8, 4) is 0 Å². The quantitative estimate of drug-likeness (QED) is 0.313. The van der Waals surface area contributed by atoms with E-state index in [0.29, 0.717) is 0 Å². The lowest BCUT2D eigenvalue weighted by atomic mass is 10.1. The smallest absolute Gasteiger partial charge is 0.00313 e. The van der Waals surface area contributed by atoms with Crippen molar-refractivity contribution >= 4 is 56.7 Å². The van der Waals surface area contributed by atoms with Crippen LogP contribution in [-0.2, 0) is 0 Å². The molecule has 96 valence electrons. The molecule has 0 bridgehead atoms. The average molecular weight is 387 g/mol. The number of alkyl halides is 2. The predicted molar refractivity (Wildman–Crippen MR) is 83.6 cm³/mol. The van der Waals surface area contributed by atoms with Crippen LogP contribution in [0.2, 0.25) is 0 Å². The number of hydrogen-bond donors (Lipinski definition) is 0. The maximum Gasteiger partial charge on any atom is 0.00313 e. The molecular formula is C11H24Br2Cl2. The second-order valence-corrected chi connectivity index (χ2v) is 5.15. The summed E-state index contributed by atoms with van der Waals surface area (Å²) in [6.07, 6.45) is 12.7. The minimum Gasteiger partial charge on any atom is -0.147 e. The van der Waals surface area contributed by atoms with Gasteiger partial charge in [0.25, 0.3) is 0 Å². The van der Waals surface area contributed by atoms with Crippen molar-refractivity contribution in [1.29, 1.82) is 0 Å². The summed E-state index contributed by atoms with van der Waals surface area (Å²) in [6.45, 7) is 0. The molecular weight excluding hydrogens is 363 g/mol. The van der Waals surface area contributed by atoms with Crippen molar-refractivity contribution in [3.05, 3.63) is 0 Å². The molecule has 0 fully saturated rings. The molecule has 0 radical (unpaired) electrons. The van der Waals surface area contributed by atoms with Gasteiger partial charge in [0.05, 0.1) is 0 Å². The molecule has 4 heteroatoms. The fourth-order valence-corrected chi connectivity index (χ4v) is 2.22. The highest BCUT2D eigenvalue weighted by Crippen LogP contribution is 2.10. The summed E-state index contributed by atoms with van der Waals surface area (Å²) in [5.74, 6) is 0. The van der Waals surface area contributed by atoms with Gasteiger partial charge in [0.2, 0.25) is 0 Å². The zero-order chi connectivity index (χ0) is 9.78. The van der Waals surface area contributed by atoms with Gasteiger partial charge in [-0.1, -0.05) is 76.8 Å². The van der Waals surface area contributed by atoms with E-state index < -0.39 is 0 Å². The van der Waals surface area contributed by atoms with E-state index in [9.17, 15) is 0 Å². The Morgan fingerprint density at radius 2 is 0.600 bits per heavy atom. The summed E-state index contributed by atoms with van der Waals surface area (Å²) in [6, 6.07) is 0. The first kappa shape index (κ1) is 21.8. The van der Waals surface area contributed by atoms with Gasteiger partial charge < -0.3 is 0 Å². The van der Waals surface area contributed by atoms with Gasteiger partial charge in [-0.25, -0.2) is 0 Å². The van der Waals surface area contributed by atoms with Crippen LogP contribution in [0.5, 0.6) is 0 Å². The van der Waals surface area contributed by atoms with Gasteiger partial charge in [-0.15, -0.1) is 24.8 Å². The Morgan fingerprint density at radius 1 is 0.400 bits per heavy atom. The van der Waals surface area contributed by atoms with Crippen LogP contribution in [0, 0.1) is 0 Å². The lowest BCUT2D eigenvalue weighted by Gasteiger charge is -2.00. The Balaban J connectivity index is -0.000000720. The van der Waals surface area contributed by atoms with Crippen LogP contribution < -0.4 is 0 Å². The summed E-state index contributed by atoms with van der Waals surface area (Å²) < 4.78 is 0. The number of rotatable bonds is 10. The Hall–Kier alpha value is 1.54. The predicted octanol–water partition coefficient (Wildman–Crippen LogP) is 6.13. The molecule has 0 aliphatic rings. The molecule has 0 aromatic rings. The van der Waals surface area contributed by atoms with Crippen molar-refractivity contribution < 1.29 is 0 Å². The van der Waals surface area contributed by atoms with Gasteiger partial charge in [-0.3, -0.25) is 0 Å². The summed E-state index contributed by atoms with van der Waals surface area (Å²) in [4.78, 5) is 0. The van der Waals surface area contributed by atoms with Gasteiger partial charge in [0, 0.05) is 10.7 Å². The van der Waals surface area contributed by atoms with Crippen LogP contribution >= 0.6 is 56.7 Å². The van der Waals surface area contributed by atoms with E-state index >= 15 is 0 Å². The van der Waals surface area contributed by atoms with Crippen LogP contribution in [0.15, 0.2) is 0 Å². The first-order valence-electron chi connectivity index (χ1n) is 5.53. The van der Waals surface area contributed by atoms with E-state index in [1.165, 1.54) is 68.4 Å². The molecule has 0 nitrogen and oxygen atoms in total. The lowest BCUT2D eigenvalue weighted by molar-refractivity contribution is 0.575. The molecule has 0 aliphatic heterocycles. The molecule has 0 aromatic heterocycles. The first-order valence-corrected chi connectivity index (χ1v) is 7.78. The fraction of sp³-hybridized carbons (Fsp3) is 1.00. The Bertz CT molecular complexity index is 82.7. The van der Waals surface area contributed by atoms with Crippen molar-refractivity contribution in [2.45, 2.75) is 57.8 Å². The standard InChI is InChI=1S/C11H22Br2.2ClH/c12-10-8-6-4-2-1-3-5-7-9-11-13;;/h1-11H2;2*1H. The summed E-state index contributed by atoms with van der Waals surface area (Å²) in [5, 5.41) is 2.36. The minimum atomic E-state index is 0. The molecule has 0 saturated heterocycles. The lowest BCUT2D eigenvalue weighted by Crippen LogP contribution is -1.82. The van der Waals surface area contributed by atoms with Crippen molar-refractivity contribution in [1.82, 2.24) is 0 Å². The van der Waals surface area contributed by atoms with E-state index in [0.717, 1.165) is 0 Å². The molecule has 0 unspecified atom stereocenters. The molecule has 0 spiro atoms. The van der Waals surface area contributed by atoms with E-state index in [2.05, 4.69) is 31.9 Å². The number of hydrogen-bond acceptors (Lipinski definition) is 0. The third-order valence-corrected chi connectivity index (χ3v) is 3.39. The first-order chi connectivity index (χ1) is 6.41. The molecule has 0 aromatic carbocycles. The second-order valence-electron chi connectivity index (χ2n) is 3.56. The maximum atomic E-state index is 3.46. The molecule has 0 rings (SSSR count). The molecule has 0 saturated carbocycles. The van der Waals surface area contributed by atoms with Crippen LogP contribution in [0.25, 0.3) is 0 Å². The molecule has 0 N–H and O–H groups in total.